The highest BCUT2D eigenvalue weighted by Crippen LogP contribution is 2.18. The minimum absolute atomic E-state index is 0.162. The predicted molar refractivity (Wildman–Crippen MR) is 91.4 cm³/mol. The minimum atomic E-state index is -0.288. The predicted octanol–water partition coefficient (Wildman–Crippen LogP) is 2.35. The SMILES string of the molecule is Cc1csc(C(C)CNC(=O)Nc2cnn(-c3ncccn3)c2)n1. The molecule has 3 rings (SSSR count). The summed E-state index contributed by atoms with van der Waals surface area (Å²) < 4.78 is 1.50. The van der Waals surface area contributed by atoms with Crippen LogP contribution in [0.15, 0.2) is 36.2 Å². The van der Waals surface area contributed by atoms with E-state index in [1.54, 1.807) is 42.2 Å². The minimum Gasteiger partial charge on any atom is -0.337 e. The fourth-order valence-electron chi connectivity index (χ4n) is 2.01. The second-order valence-electron chi connectivity index (χ2n) is 5.29. The first-order chi connectivity index (χ1) is 11.6. The number of nitrogens with zero attached hydrogens (tertiary/aromatic N) is 5. The summed E-state index contributed by atoms with van der Waals surface area (Å²) in [6.45, 7) is 4.50. The molecule has 0 aromatic carbocycles. The highest BCUT2D eigenvalue weighted by atomic mass is 32.1. The lowest BCUT2D eigenvalue weighted by Gasteiger charge is -2.10. The van der Waals surface area contributed by atoms with Crippen molar-refractivity contribution in [3.8, 4) is 5.95 Å². The van der Waals surface area contributed by atoms with Gasteiger partial charge in [0.1, 0.15) is 0 Å². The number of carbonyl (C=O) groups is 1. The van der Waals surface area contributed by atoms with Gasteiger partial charge in [0.15, 0.2) is 0 Å². The largest absolute Gasteiger partial charge is 0.337 e. The Balaban J connectivity index is 1.53. The first-order valence-corrected chi connectivity index (χ1v) is 8.28. The maximum Gasteiger partial charge on any atom is 0.319 e. The summed E-state index contributed by atoms with van der Waals surface area (Å²) in [6.07, 6.45) is 6.46. The average molecular weight is 343 g/mol. The maximum atomic E-state index is 12.0. The van der Waals surface area contributed by atoms with Crippen molar-refractivity contribution in [1.82, 2.24) is 30.0 Å². The van der Waals surface area contributed by atoms with Gasteiger partial charge in [-0.2, -0.15) is 5.10 Å². The van der Waals surface area contributed by atoms with E-state index in [0.717, 1.165) is 10.7 Å². The average Bonchev–Trinajstić information content (AvgIpc) is 3.23. The van der Waals surface area contributed by atoms with Gasteiger partial charge < -0.3 is 10.6 Å². The molecule has 24 heavy (non-hydrogen) atoms. The van der Waals surface area contributed by atoms with Crippen LogP contribution in [-0.4, -0.2) is 37.3 Å². The monoisotopic (exact) mass is 343 g/mol. The molecule has 0 saturated heterocycles. The molecule has 124 valence electrons. The molecule has 8 nitrogen and oxygen atoms in total. The van der Waals surface area contributed by atoms with Gasteiger partial charge in [-0.15, -0.1) is 11.3 Å². The molecule has 2 amide bonds. The van der Waals surface area contributed by atoms with Gasteiger partial charge in [-0.1, -0.05) is 6.92 Å². The van der Waals surface area contributed by atoms with Gasteiger partial charge in [-0.05, 0) is 13.0 Å². The molecular formula is C15H17N7OS. The second kappa shape index (κ2) is 7.18. The molecule has 0 aliphatic heterocycles. The van der Waals surface area contributed by atoms with Crippen molar-refractivity contribution in [2.24, 2.45) is 0 Å². The van der Waals surface area contributed by atoms with Gasteiger partial charge in [-0.25, -0.2) is 24.4 Å². The number of hydrogen-bond donors (Lipinski definition) is 2. The van der Waals surface area contributed by atoms with E-state index >= 15 is 0 Å². The number of hydrogen-bond acceptors (Lipinski definition) is 6. The van der Waals surface area contributed by atoms with E-state index < -0.39 is 0 Å². The summed E-state index contributed by atoms with van der Waals surface area (Å²) in [5.41, 5.74) is 1.57. The number of anilines is 1. The van der Waals surface area contributed by atoms with Crippen LogP contribution in [0, 0.1) is 6.92 Å². The van der Waals surface area contributed by atoms with E-state index in [0.29, 0.717) is 18.2 Å². The van der Waals surface area contributed by atoms with Crippen molar-refractivity contribution in [2.45, 2.75) is 19.8 Å². The van der Waals surface area contributed by atoms with E-state index in [-0.39, 0.29) is 11.9 Å². The highest BCUT2D eigenvalue weighted by molar-refractivity contribution is 7.09. The van der Waals surface area contributed by atoms with Crippen LogP contribution in [0.1, 0.15) is 23.5 Å². The third-order valence-corrected chi connectivity index (χ3v) is 4.42. The van der Waals surface area contributed by atoms with Gasteiger partial charge in [0.2, 0.25) is 5.95 Å². The molecular weight excluding hydrogens is 326 g/mol. The van der Waals surface area contributed by atoms with E-state index in [1.165, 1.54) is 4.68 Å². The number of thiazole rings is 1. The lowest BCUT2D eigenvalue weighted by molar-refractivity contribution is 0.251. The number of nitrogens with one attached hydrogen (secondary N) is 2. The van der Waals surface area contributed by atoms with Crippen LogP contribution in [0.25, 0.3) is 5.95 Å². The van der Waals surface area contributed by atoms with Crippen LogP contribution in [0.4, 0.5) is 10.5 Å². The zero-order chi connectivity index (χ0) is 16.9. The Labute approximate surface area is 143 Å². The van der Waals surface area contributed by atoms with Gasteiger partial charge in [0.25, 0.3) is 0 Å². The van der Waals surface area contributed by atoms with Gasteiger partial charge in [0, 0.05) is 35.9 Å². The summed E-state index contributed by atoms with van der Waals surface area (Å²) in [6, 6.07) is 1.44. The fraction of sp³-hybridized carbons (Fsp3) is 0.267. The summed E-state index contributed by atoms with van der Waals surface area (Å²) in [7, 11) is 0. The lowest BCUT2D eigenvalue weighted by Crippen LogP contribution is -2.31. The quantitative estimate of drug-likeness (QED) is 0.741. The molecule has 9 heteroatoms. The standard InChI is InChI=1S/C15H17N7OS/c1-10(13-20-11(2)9-24-13)6-18-15(23)21-12-7-19-22(8-12)14-16-4-3-5-17-14/h3-5,7-10H,6H2,1-2H3,(H2,18,21,23). The number of aryl methyl sites for hydroxylation is 1. The van der Waals surface area contributed by atoms with Crippen LogP contribution >= 0.6 is 11.3 Å². The Morgan fingerprint density at radius 3 is 2.88 bits per heavy atom. The molecule has 0 aliphatic rings. The van der Waals surface area contributed by atoms with Crippen LogP contribution < -0.4 is 10.6 Å². The maximum absolute atomic E-state index is 12.0. The molecule has 0 radical (unpaired) electrons. The third-order valence-electron chi connectivity index (χ3n) is 3.22. The molecule has 2 N–H and O–H groups in total. The highest BCUT2D eigenvalue weighted by Gasteiger charge is 2.12. The Kier molecular flexibility index (Phi) is 4.80. The number of carbonyl (C=O) groups excluding carboxylic acids is 1. The molecule has 3 aromatic rings. The number of urea groups is 1. The number of aromatic nitrogens is 5. The first-order valence-electron chi connectivity index (χ1n) is 7.41. The van der Waals surface area contributed by atoms with Crippen molar-refractivity contribution in [3.63, 3.8) is 0 Å². The molecule has 1 unspecified atom stereocenters. The normalized spacial score (nSPS) is 11.9. The molecule has 3 heterocycles. The van der Waals surface area contributed by atoms with Crippen LogP contribution in [0.2, 0.25) is 0 Å². The van der Waals surface area contributed by atoms with Gasteiger partial charge in [-0.3, -0.25) is 0 Å². The Morgan fingerprint density at radius 2 is 2.17 bits per heavy atom. The van der Waals surface area contributed by atoms with E-state index in [4.69, 9.17) is 0 Å². The lowest BCUT2D eigenvalue weighted by atomic mass is 10.2. The van der Waals surface area contributed by atoms with Crippen LogP contribution in [0.5, 0.6) is 0 Å². The summed E-state index contributed by atoms with van der Waals surface area (Å²) in [5.74, 6) is 0.605. The molecule has 0 aliphatic carbocycles. The van der Waals surface area contributed by atoms with E-state index in [2.05, 4.69) is 30.7 Å². The van der Waals surface area contributed by atoms with Crippen LogP contribution in [-0.2, 0) is 0 Å². The second-order valence-corrected chi connectivity index (χ2v) is 6.18. The van der Waals surface area contributed by atoms with E-state index in [1.807, 2.05) is 19.2 Å². The Hall–Kier alpha value is -2.81. The Morgan fingerprint density at radius 1 is 1.38 bits per heavy atom. The number of rotatable bonds is 5. The zero-order valence-electron chi connectivity index (χ0n) is 13.3. The third kappa shape index (κ3) is 3.93. The summed E-state index contributed by atoms with van der Waals surface area (Å²) in [4.78, 5) is 24.6. The van der Waals surface area contributed by atoms with Crippen molar-refractivity contribution >= 4 is 23.1 Å². The molecule has 1 atom stereocenters. The first kappa shape index (κ1) is 16.1. The van der Waals surface area contributed by atoms with Crippen molar-refractivity contribution < 1.29 is 4.79 Å². The molecule has 0 bridgehead atoms. The topological polar surface area (TPSA) is 97.6 Å². The fourth-order valence-corrected chi connectivity index (χ4v) is 2.87. The van der Waals surface area contributed by atoms with E-state index in [9.17, 15) is 4.79 Å². The summed E-state index contributed by atoms with van der Waals surface area (Å²) >= 11 is 1.60. The van der Waals surface area contributed by atoms with Gasteiger partial charge in [0.05, 0.1) is 23.1 Å². The molecule has 0 saturated carbocycles. The van der Waals surface area contributed by atoms with Crippen molar-refractivity contribution in [1.29, 1.82) is 0 Å². The summed E-state index contributed by atoms with van der Waals surface area (Å²) in [5, 5.41) is 12.7. The van der Waals surface area contributed by atoms with Crippen molar-refractivity contribution in [2.75, 3.05) is 11.9 Å². The molecule has 3 aromatic heterocycles. The van der Waals surface area contributed by atoms with Gasteiger partial charge >= 0.3 is 6.03 Å². The van der Waals surface area contributed by atoms with Crippen molar-refractivity contribution in [3.05, 3.63) is 46.9 Å². The smallest absolute Gasteiger partial charge is 0.319 e. The molecule has 0 fully saturated rings. The Bertz CT molecular complexity index is 814. The zero-order valence-corrected chi connectivity index (χ0v) is 14.1. The number of amides is 2. The molecule has 0 spiro atoms. The van der Waals surface area contributed by atoms with Crippen LogP contribution in [0.3, 0.4) is 0 Å².